The molecule has 0 amide bonds. The van der Waals surface area contributed by atoms with E-state index in [0.717, 1.165) is 13.2 Å². The van der Waals surface area contributed by atoms with Gasteiger partial charge >= 0.3 is 0 Å². The minimum Gasteiger partial charge on any atom is -0.381 e. The third kappa shape index (κ3) is 2.35. The fourth-order valence-corrected chi connectivity index (χ4v) is 3.13. The van der Waals surface area contributed by atoms with Crippen LogP contribution in [0.3, 0.4) is 0 Å². The summed E-state index contributed by atoms with van der Waals surface area (Å²) in [5.41, 5.74) is 1.25. The van der Waals surface area contributed by atoms with E-state index in [1.165, 1.54) is 37.9 Å². The zero-order valence-electron chi connectivity index (χ0n) is 10.2. The fraction of sp³-hybridized carbons (Fsp3) is 0.643. The van der Waals surface area contributed by atoms with E-state index in [4.69, 9.17) is 4.74 Å². The predicted octanol–water partition coefficient (Wildman–Crippen LogP) is 2.40. The second kappa shape index (κ2) is 5.15. The van der Waals surface area contributed by atoms with Gasteiger partial charge in [0.25, 0.3) is 0 Å². The Kier molecular flexibility index (Phi) is 3.39. The average Bonchev–Trinajstić information content (AvgIpc) is 2.90. The zero-order valence-corrected chi connectivity index (χ0v) is 10.2. The average molecular weight is 232 g/mol. The number of ether oxygens (including phenoxy) is 1. The molecule has 1 atom stereocenters. The first-order chi connectivity index (χ1) is 8.45. The van der Waals surface area contributed by atoms with Gasteiger partial charge in [0.15, 0.2) is 0 Å². The molecule has 2 saturated heterocycles. The number of aromatic nitrogens is 1. The highest BCUT2D eigenvalue weighted by Crippen LogP contribution is 2.34. The summed E-state index contributed by atoms with van der Waals surface area (Å²) in [5.74, 6) is 0. The third-order valence-corrected chi connectivity index (χ3v) is 3.98. The Morgan fingerprint density at radius 1 is 1.18 bits per heavy atom. The number of pyridine rings is 1. The van der Waals surface area contributed by atoms with E-state index in [0.29, 0.717) is 12.1 Å². The molecule has 0 spiro atoms. The molecule has 2 aliphatic rings. The SMILES string of the molecule is c1ccc(C2CCCN2C2CCOCC2)nc1. The molecular formula is C14H20N2O. The van der Waals surface area contributed by atoms with Gasteiger partial charge in [-0.15, -0.1) is 0 Å². The van der Waals surface area contributed by atoms with Gasteiger partial charge in [-0.3, -0.25) is 9.88 Å². The molecule has 3 heterocycles. The summed E-state index contributed by atoms with van der Waals surface area (Å²) >= 11 is 0. The third-order valence-electron chi connectivity index (χ3n) is 3.98. The number of hydrogen-bond acceptors (Lipinski definition) is 3. The van der Waals surface area contributed by atoms with Gasteiger partial charge in [-0.1, -0.05) is 6.07 Å². The normalized spacial score (nSPS) is 27.4. The van der Waals surface area contributed by atoms with Crippen molar-refractivity contribution in [2.24, 2.45) is 0 Å². The van der Waals surface area contributed by atoms with Crippen molar-refractivity contribution in [1.29, 1.82) is 0 Å². The van der Waals surface area contributed by atoms with E-state index < -0.39 is 0 Å². The van der Waals surface area contributed by atoms with Crippen LogP contribution >= 0.6 is 0 Å². The lowest BCUT2D eigenvalue weighted by atomic mass is 10.0. The molecule has 0 saturated carbocycles. The highest BCUT2D eigenvalue weighted by molar-refractivity contribution is 5.11. The van der Waals surface area contributed by atoms with Crippen LogP contribution < -0.4 is 0 Å². The molecule has 2 aliphatic heterocycles. The standard InChI is InChI=1S/C14H20N2O/c1-2-8-15-13(4-1)14-5-3-9-16(14)12-6-10-17-11-7-12/h1-2,4,8,12,14H,3,5-7,9-11H2. The van der Waals surface area contributed by atoms with Crippen molar-refractivity contribution in [3.63, 3.8) is 0 Å². The van der Waals surface area contributed by atoms with E-state index in [1.54, 1.807) is 0 Å². The second-order valence-electron chi connectivity index (χ2n) is 4.99. The Morgan fingerprint density at radius 3 is 2.82 bits per heavy atom. The molecule has 0 bridgehead atoms. The van der Waals surface area contributed by atoms with Gasteiger partial charge in [0, 0.05) is 25.5 Å². The molecule has 0 aromatic carbocycles. The van der Waals surface area contributed by atoms with Crippen molar-refractivity contribution in [3.8, 4) is 0 Å². The lowest BCUT2D eigenvalue weighted by Crippen LogP contribution is -2.39. The van der Waals surface area contributed by atoms with Crippen molar-refractivity contribution in [2.45, 2.75) is 37.8 Å². The van der Waals surface area contributed by atoms with Gasteiger partial charge in [-0.25, -0.2) is 0 Å². The monoisotopic (exact) mass is 232 g/mol. The van der Waals surface area contributed by atoms with Crippen molar-refractivity contribution in [2.75, 3.05) is 19.8 Å². The lowest BCUT2D eigenvalue weighted by molar-refractivity contribution is 0.0285. The Labute approximate surface area is 103 Å². The topological polar surface area (TPSA) is 25.4 Å². The van der Waals surface area contributed by atoms with Crippen LogP contribution in [0.1, 0.15) is 37.4 Å². The van der Waals surface area contributed by atoms with Gasteiger partial charge < -0.3 is 4.74 Å². The van der Waals surface area contributed by atoms with Crippen LogP contribution in [0.5, 0.6) is 0 Å². The molecule has 3 nitrogen and oxygen atoms in total. The summed E-state index contributed by atoms with van der Waals surface area (Å²) in [7, 11) is 0. The number of likely N-dealkylation sites (tertiary alicyclic amines) is 1. The molecule has 1 aromatic heterocycles. The van der Waals surface area contributed by atoms with Crippen molar-refractivity contribution < 1.29 is 4.74 Å². The highest BCUT2D eigenvalue weighted by atomic mass is 16.5. The number of hydrogen-bond donors (Lipinski definition) is 0. The Balaban J connectivity index is 1.75. The minimum atomic E-state index is 0.541. The molecule has 3 heteroatoms. The van der Waals surface area contributed by atoms with Gasteiger partial charge in [0.1, 0.15) is 0 Å². The van der Waals surface area contributed by atoms with Crippen LogP contribution in [-0.4, -0.2) is 35.7 Å². The summed E-state index contributed by atoms with van der Waals surface area (Å²) in [5, 5.41) is 0. The molecule has 1 aromatic rings. The fourth-order valence-electron chi connectivity index (χ4n) is 3.13. The van der Waals surface area contributed by atoms with Crippen LogP contribution in [0.15, 0.2) is 24.4 Å². The first-order valence-electron chi connectivity index (χ1n) is 6.69. The van der Waals surface area contributed by atoms with Crippen molar-refractivity contribution in [3.05, 3.63) is 30.1 Å². The number of rotatable bonds is 2. The molecule has 0 radical (unpaired) electrons. The Bertz CT molecular complexity index is 348. The second-order valence-corrected chi connectivity index (χ2v) is 4.99. The zero-order chi connectivity index (χ0) is 11.5. The van der Waals surface area contributed by atoms with E-state index in [-0.39, 0.29) is 0 Å². The van der Waals surface area contributed by atoms with Gasteiger partial charge in [0.05, 0.1) is 11.7 Å². The number of nitrogens with zero attached hydrogens (tertiary/aromatic N) is 2. The van der Waals surface area contributed by atoms with E-state index in [2.05, 4.69) is 22.0 Å². The maximum atomic E-state index is 5.46. The van der Waals surface area contributed by atoms with Crippen molar-refractivity contribution >= 4 is 0 Å². The van der Waals surface area contributed by atoms with Crippen LogP contribution in [0.2, 0.25) is 0 Å². The van der Waals surface area contributed by atoms with Gasteiger partial charge in [0.2, 0.25) is 0 Å². The van der Waals surface area contributed by atoms with E-state index in [1.807, 2.05) is 12.3 Å². The Hall–Kier alpha value is -0.930. The largest absolute Gasteiger partial charge is 0.381 e. The summed E-state index contributed by atoms with van der Waals surface area (Å²) in [6.07, 6.45) is 6.84. The first-order valence-corrected chi connectivity index (χ1v) is 6.69. The molecular weight excluding hydrogens is 212 g/mol. The van der Waals surface area contributed by atoms with E-state index in [9.17, 15) is 0 Å². The van der Waals surface area contributed by atoms with Gasteiger partial charge in [-0.2, -0.15) is 0 Å². The Morgan fingerprint density at radius 2 is 2.06 bits per heavy atom. The molecule has 1 unspecified atom stereocenters. The van der Waals surface area contributed by atoms with E-state index >= 15 is 0 Å². The molecule has 2 fully saturated rings. The smallest absolute Gasteiger partial charge is 0.0575 e. The summed E-state index contributed by atoms with van der Waals surface area (Å²) in [6, 6.07) is 7.51. The molecule has 0 N–H and O–H groups in total. The quantitative estimate of drug-likeness (QED) is 0.783. The lowest BCUT2D eigenvalue weighted by Gasteiger charge is -2.35. The predicted molar refractivity (Wildman–Crippen MR) is 66.8 cm³/mol. The molecule has 92 valence electrons. The summed E-state index contributed by atoms with van der Waals surface area (Å²) in [4.78, 5) is 7.19. The summed E-state index contributed by atoms with van der Waals surface area (Å²) < 4.78 is 5.46. The maximum Gasteiger partial charge on any atom is 0.0575 e. The summed E-state index contributed by atoms with van der Waals surface area (Å²) in [6.45, 7) is 3.08. The molecule has 3 rings (SSSR count). The van der Waals surface area contributed by atoms with Crippen LogP contribution in [0.25, 0.3) is 0 Å². The minimum absolute atomic E-state index is 0.541. The highest BCUT2D eigenvalue weighted by Gasteiger charge is 2.33. The van der Waals surface area contributed by atoms with Crippen LogP contribution in [0, 0.1) is 0 Å². The van der Waals surface area contributed by atoms with Gasteiger partial charge in [-0.05, 0) is 44.4 Å². The van der Waals surface area contributed by atoms with Crippen LogP contribution in [-0.2, 0) is 4.74 Å². The maximum absolute atomic E-state index is 5.46. The van der Waals surface area contributed by atoms with Crippen molar-refractivity contribution in [1.82, 2.24) is 9.88 Å². The van der Waals surface area contributed by atoms with Crippen LogP contribution in [0.4, 0.5) is 0 Å². The molecule has 0 aliphatic carbocycles. The first kappa shape index (κ1) is 11.2. The molecule has 17 heavy (non-hydrogen) atoms.